The monoisotopic (exact) mass is 288 g/mol. The van der Waals surface area contributed by atoms with Gasteiger partial charge in [0, 0.05) is 12.6 Å². The van der Waals surface area contributed by atoms with Gasteiger partial charge in [0.25, 0.3) is 0 Å². The van der Waals surface area contributed by atoms with Crippen LogP contribution in [0, 0.1) is 5.41 Å². The van der Waals surface area contributed by atoms with E-state index in [-0.39, 0.29) is 17.4 Å². The molecule has 6 nitrogen and oxygen atoms in total. The fraction of sp³-hybridized carbons (Fsp3) is 0.467. The van der Waals surface area contributed by atoms with E-state index in [0.29, 0.717) is 23.8 Å². The summed E-state index contributed by atoms with van der Waals surface area (Å²) in [6, 6.07) is 5.15. The van der Waals surface area contributed by atoms with Gasteiger partial charge >= 0.3 is 0 Å². The van der Waals surface area contributed by atoms with E-state index < -0.39 is 0 Å². The molecule has 1 amide bonds. The molecular weight excluding hydrogens is 268 g/mol. The maximum atomic E-state index is 11.9. The zero-order valence-electron chi connectivity index (χ0n) is 12.8. The normalized spacial score (nSPS) is 13.0. The average Bonchev–Trinajstić information content (AvgIpc) is 2.87. The van der Waals surface area contributed by atoms with E-state index in [1.165, 1.54) is 0 Å². The number of carbonyl (C=O) groups excluding carboxylic acids is 1. The third kappa shape index (κ3) is 4.37. The van der Waals surface area contributed by atoms with E-state index in [9.17, 15) is 4.79 Å². The summed E-state index contributed by atoms with van der Waals surface area (Å²) in [6.07, 6.45) is 2.11. The number of amides is 1. The zero-order valence-corrected chi connectivity index (χ0v) is 12.8. The van der Waals surface area contributed by atoms with E-state index in [1.54, 1.807) is 12.3 Å². The van der Waals surface area contributed by atoms with Crippen LogP contribution in [0.25, 0.3) is 11.5 Å². The minimum atomic E-state index is -0.329. The molecule has 1 atom stereocenters. The number of nitrogens with one attached hydrogen (secondary N) is 1. The van der Waals surface area contributed by atoms with Gasteiger partial charge in [0.2, 0.25) is 17.6 Å². The van der Waals surface area contributed by atoms with E-state index in [1.807, 2.05) is 39.8 Å². The molecule has 0 aliphatic carbocycles. The molecule has 0 saturated heterocycles. The third-order valence-electron chi connectivity index (χ3n) is 2.77. The van der Waals surface area contributed by atoms with Gasteiger partial charge in [0.15, 0.2) is 0 Å². The van der Waals surface area contributed by atoms with Crippen LogP contribution in [-0.4, -0.2) is 21.0 Å². The van der Waals surface area contributed by atoms with Crippen molar-refractivity contribution in [3.05, 3.63) is 30.3 Å². The molecule has 0 aliphatic rings. The summed E-state index contributed by atoms with van der Waals surface area (Å²) in [4.78, 5) is 20.3. The van der Waals surface area contributed by atoms with Crippen LogP contribution in [0.1, 0.15) is 46.0 Å². The molecule has 1 N–H and O–H groups in total. The summed E-state index contributed by atoms with van der Waals surface area (Å²) in [5.41, 5.74) is 0.582. The van der Waals surface area contributed by atoms with Crippen LogP contribution in [0.15, 0.2) is 28.9 Å². The van der Waals surface area contributed by atoms with Gasteiger partial charge in [-0.05, 0) is 24.5 Å². The Bertz CT molecular complexity index is 602. The molecule has 2 rings (SSSR count). The highest BCUT2D eigenvalue weighted by Crippen LogP contribution is 2.20. The van der Waals surface area contributed by atoms with E-state index in [0.717, 1.165) is 0 Å². The number of nitrogens with zero attached hydrogens (tertiary/aromatic N) is 3. The van der Waals surface area contributed by atoms with Gasteiger partial charge < -0.3 is 9.84 Å². The quantitative estimate of drug-likeness (QED) is 0.935. The van der Waals surface area contributed by atoms with Crippen LogP contribution in [0.5, 0.6) is 0 Å². The second kappa shape index (κ2) is 6.03. The Labute approximate surface area is 124 Å². The number of hydrogen-bond donors (Lipinski definition) is 1. The zero-order chi connectivity index (χ0) is 15.5. The molecule has 2 aromatic heterocycles. The first-order chi connectivity index (χ1) is 9.85. The second-order valence-electron chi connectivity index (χ2n) is 6.20. The highest BCUT2D eigenvalue weighted by molar-refractivity contribution is 5.76. The number of aromatic nitrogens is 3. The van der Waals surface area contributed by atoms with Crippen molar-refractivity contribution in [3.8, 4) is 11.5 Å². The number of pyridine rings is 1. The van der Waals surface area contributed by atoms with Gasteiger partial charge in [0.1, 0.15) is 11.7 Å². The highest BCUT2D eigenvalue weighted by atomic mass is 16.5. The molecule has 2 heterocycles. The van der Waals surface area contributed by atoms with Crippen molar-refractivity contribution < 1.29 is 9.32 Å². The summed E-state index contributed by atoms with van der Waals surface area (Å²) >= 11 is 0. The Morgan fingerprint density at radius 3 is 2.76 bits per heavy atom. The third-order valence-corrected chi connectivity index (χ3v) is 2.77. The first-order valence-corrected chi connectivity index (χ1v) is 6.89. The largest absolute Gasteiger partial charge is 0.345 e. The lowest BCUT2D eigenvalue weighted by atomic mass is 9.92. The standard InChI is InChI=1S/C15H20N4O2/c1-10(17-12(20)9-15(2,3)4)14-18-13(19-21-14)11-7-5-6-8-16-11/h5-8,10H,9H2,1-4H3,(H,17,20)/t10-/m1/s1. The molecule has 6 heteroatoms. The minimum absolute atomic E-state index is 0.0346. The average molecular weight is 288 g/mol. The molecule has 0 aromatic carbocycles. The SMILES string of the molecule is C[C@@H](NC(=O)CC(C)(C)C)c1nc(-c2ccccn2)no1. The van der Waals surface area contributed by atoms with Crippen molar-refractivity contribution in [2.75, 3.05) is 0 Å². The van der Waals surface area contributed by atoms with E-state index >= 15 is 0 Å². The lowest BCUT2D eigenvalue weighted by Crippen LogP contribution is -2.30. The summed E-state index contributed by atoms with van der Waals surface area (Å²) in [6.45, 7) is 7.87. The van der Waals surface area contributed by atoms with Crippen LogP contribution in [0.4, 0.5) is 0 Å². The molecular formula is C15H20N4O2. The topological polar surface area (TPSA) is 80.9 Å². The molecule has 0 bridgehead atoms. The number of carbonyl (C=O) groups is 1. The lowest BCUT2D eigenvalue weighted by Gasteiger charge is -2.18. The molecule has 2 aromatic rings. The van der Waals surface area contributed by atoms with Gasteiger partial charge in [-0.3, -0.25) is 9.78 Å². The van der Waals surface area contributed by atoms with Crippen LogP contribution in [-0.2, 0) is 4.79 Å². The fourth-order valence-corrected chi connectivity index (χ4v) is 1.85. The summed E-state index contributed by atoms with van der Waals surface area (Å²) < 4.78 is 5.20. The van der Waals surface area contributed by atoms with Crippen LogP contribution < -0.4 is 5.32 Å². The Morgan fingerprint density at radius 1 is 1.38 bits per heavy atom. The van der Waals surface area contributed by atoms with Crippen molar-refractivity contribution in [1.82, 2.24) is 20.4 Å². The predicted octanol–water partition coefficient (Wildman–Crippen LogP) is 2.75. The fourth-order valence-electron chi connectivity index (χ4n) is 1.85. The molecule has 0 unspecified atom stereocenters. The first kappa shape index (κ1) is 15.2. The van der Waals surface area contributed by atoms with Gasteiger partial charge in [-0.15, -0.1) is 0 Å². The Hall–Kier alpha value is -2.24. The van der Waals surface area contributed by atoms with Gasteiger partial charge in [0.05, 0.1) is 0 Å². The van der Waals surface area contributed by atoms with Crippen molar-refractivity contribution >= 4 is 5.91 Å². The maximum Gasteiger partial charge on any atom is 0.249 e. The van der Waals surface area contributed by atoms with Gasteiger partial charge in [-0.2, -0.15) is 4.98 Å². The second-order valence-corrected chi connectivity index (χ2v) is 6.20. The van der Waals surface area contributed by atoms with Crippen molar-refractivity contribution in [1.29, 1.82) is 0 Å². The molecule has 112 valence electrons. The molecule has 0 fully saturated rings. The van der Waals surface area contributed by atoms with Crippen molar-refractivity contribution in [2.24, 2.45) is 5.41 Å². The van der Waals surface area contributed by atoms with Crippen LogP contribution in [0.3, 0.4) is 0 Å². The lowest BCUT2D eigenvalue weighted by molar-refractivity contribution is -0.123. The van der Waals surface area contributed by atoms with Crippen molar-refractivity contribution in [3.63, 3.8) is 0 Å². The van der Waals surface area contributed by atoms with E-state index in [2.05, 4.69) is 20.4 Å². The van der Waals surface area contributed by atoms with Crippen LogP contribution in [0.2, 0.25) is 0 Å². The van der Waals surface area contributed by atoms with Crippen LogP contribution >= 0.6 is 0 Å². The van der Waals surface area contributed by atoms with Gasteiger partial charge in [-0.1, -0.05) is 32.0 Å². The van der Waals surface area contributed by atoms with Gasteiger partial charge in [-0.25, -0.2) is 0 Å². The summed E-state index contributed by atoms with van der Waals surface area (Å²) in [5, 5.41) is 6.75. The predicted molar refractivity (Wildman–Crippen MR) is 78.2 cm³/mol. The Morgan fingerprint density at radius 2 is 2.14 bits per heavy atom. The Kier molecular flexibility index (Phi) is 4.35. The summed E-state index contributed by atoms with van der Waals surface area (Å²) in [7, 11) is 0. The molecule has 0 radical (unpaired) electrons. The maximum absolute atomic E-state index is 11.9. The highest BCUT2D eigenvalue weighted by Gasteiger charge is 2.21. The summed E-state index contributed by atoms with van der Waals surface area (Å²) in [5.74, 6) is 0.757. The number of hydrogen-bond acceptors (Lipinski definition) is 5. The molecule has 0 saturated carbocycles. The van der Waals surface area contributed by atoms with Crippen molar-refractivity contribution in [2.45, 2.75) is 40.2 Å². The number of rotatable bonds is 4. The molecule has 0 aliphatic heterocycles. The minimum Gasteiger partial charge on any atom is -0.345 e. The molecule has 21 heavy (non-hydrogen) atoms. The Balaban J connectivity index is 2.03. The van der Waals surface area contributed by atoms with E-state index in [4.69, 9.17) is 4.52 Å². The first-order valence-electron chi connectivity index (χ1n) is 6.89. The molecule has 0 spiro atoms. The smallest absolute Gasteiger partial charge is 0.249 e.